The Morgan fingerprint density at radius 2 is 2.35 bits per heavy atom. The maximum absolute atomic E-state index is 4.41. The van der Waals surface area contributed by atoms with Crippen molar-refractivity contribution in [2.24, 2.45) is 0 Å². The fraction of sp³-hybridized carbons (Fsp3) is 0.500. The Morgan fingerprint density at radius 3 is 3.06 bits per heavy atom. The fourth-order valence-electron chi connectivity index (χ4n) is 1.64. The first-order chi connectivity index (χ1) is 8.34. The highest BCUT2D eigenvalue weighted by molar-refractivity contribution is 7.09. The second-order valence-electron chi connectivity index (χ2n) is 4.07. The maximum atomic E-state index is 4.41. The van der Waals surface area contributed by atoms with Crippen LogP contribution in [0.5, 0.6) is 0 Å². The molecule has 1 N–H and O–H groups in total. The number of aryl methyl sites for hydroxylation is 2. The molecule has 0 aromatic carbocycles. The number of imidazole rings is 1. The third-order valence-corrected chi connectivity index (χ3v) is 3.49. The number of hydrogen-bond acceptors (Lipinski definition) is 4. The van der Waals surface area contributed by atoms with Gasteiger partial charge in [0, 0.05) is 36.6 Å². The van der Waals surface area contributed by atoms with Gasteiger partial charge in [0.25, 0.3) is 0 Å². The normalized spacial score (nSPS) is 10.9. The smallest absolute Gasteiger partial charge is 0.107 e. The lowest BCUT2D eigenvalue weighted by Gasteiger charge is -2.03. The number of rotatable bonds is 7. The highest BCUT2D eigenvalue weighted by Crippen LogP contribution is 2.07. The monoisotopic (exact) mass is 250 g/mol. The van der Waals surface area contributed by atoms with Crippen molar-refractivity contribution in [3.05, 3.63) is 34.8 Å². The van der Waals surface area contributed by atoms with Crippen molar-refractivity contribution in [1.29, 1.82) is 0 Å². The van der Waals surface area contributed by atoms with Crippen molar-refractivity contribution in [3.63, 3.8) is 0 Å². The number of hydrogen-bond donors (Lipinski definition) is 1. The largest absolute Gasteiger partial charge is 0.337 e. The zero-order chi connectivity index (χ0) is 11.9. The molecule has 92 valence electrons. The van der Waals surface area contributed by atoms with Crippen LogP contribution in [0.1, 0.15) is 23.5 Å². The van der Waals surface area contributed by atoms with E-state index in [-0.39, 0.29) is 0 Å². The van der Waals surface area contributed by atoms with Crippen LogP contribution in [-0.2, 0) is 13.1 Å². The summed E-state index contributed by atoms with van der Waals surface area (Å²) in [6.07, 6.45) is 8.06. The minimum atomic E-state index is 0.892. The highest BCUT2D eigenvalue weighted by atomic mass is 32.1. The summed E-state index contributed by atoms with van der Waals surface area (Å²) in [5, 5.41) is 6.69. The Kier molecular flexibility index (Phi) is 4.70. The van der Waals surface area contributed by atoms with Crippen LogP contribution in [0.4, 0.5) is 0 Å². The van der Waals surface area contributed by atoms with Crippen molar-refractivity contribution in [2.45, 2.75) is 32.9 Å². The molecule has 0 amide bonds. The third kappa shape index (κ3) is 4.28. The third-order valence-electron chi connectivity index (χ3n) is 2.52. The number of thiazole rings is 1. The lowest BCUT2D eigenvalue weighted by atomic mass is 10.3. The van der Waals surface area contributed by atoms with Gasteiger partial charge in [0.1, 0.15) is 5.01 Å². The number of aromatic nitrogens is 3. The predicted molar refractivity (Wildman–Crippen MR) is 70.0 cm³/mol. The molecule has 0 saturated carbocycles. The van der Waals surface area contributed by atoms with E-state index in [1.807, 2.05) is 25.6 Å². The zero-order valence-electron chi connectivity index (χ0n) is 10.1. The van der Waals surface area contributed by atoms with Crippen molar-refractivity contribution < 1.29 is 0 Å². The molecule has 0 saturated heterocycles. The van der Waals surface area contributed by atoms with Crippen molar-refractivity contribution in [2.75, 3.05) is 6.54 Å². The van der Waals surface area contributed by atoms with E-state index < -0.39 is 0 Å². The summed E-state index contributed by atoms with van der Waals surface area (Å²) in [7, 11) is 0. The van der Waals surface area contributed by atoms with Crippen LogP contribution in [0, 0.1) is 6.92 Å². The van der Waals surface area contributed by atoms with Crippen molar-refractivity contribution in [1.82, 2.24) is 19.9 Å². The molecular weight excluding hydrogens is 232 g/mol. The molecule has 17 heavy (non-hydrogen) atoms. The molecule has 0 aliphatic carbocycles. The molecule has 0 aliphatic heterocycles. The van der Waals surface area contributed by atoms with Gasteiger partial charge >= 0.3 is 0 Å². The molecule has 0 bridgehead atoms. The van der Waals surface area contributed by atoms with Gasteiger partial charge in [0.15, 0.2) is 0 Å². The Balaban J connectivity index is 1.52. The van der Waals surface area contributed by atoms with E-state index in [4.69, 9.17) is 0 Å². The molecule has 0 radical (unpaired) electrons. The molecule has 2 aromatic rings. The molecule has 2 aromatic heterocycles. The Labute approximate surface area is 106 Å². The summed E-state index contributed by atoms with van der Waals surface area (Å²) in [6.45, 7) is 5.03. The van der Waals surface area contributed by atoms with Crippen LogP contribution in [0.15, 0.2) is 24.1 Å². The summed E-state index contributed by atoms with van der Waals surface area (Å²) >= 11 is 1.73. The van der Waals surface area contributed by atoms with Gasteiger partial charge in [-0.1, -0.05) is 0 Å². The van der Waals surface area contributed by atoms with Gasteiger partial charge in [-0.15, -0.1) is 11.3 Å². The van der Waals surface area contributed by atoms with Crippen LogP contribution >= 0.6 is 11.3 Å². The lowest BCUT2D eigenvalue weighted by molar-refractivity contribution is 0.567. The van der Waals surface area contributed by atoms with Crippen LogP contribution in [-0.4, -0.2) is 21.1 Å². The van der Waals surface area contributed by atoms with E-state index in [9.17, 15) is 0 Å². The number of unbranched alkanes of at least 4 members (excludes halogenated alkanes) is 1. The van der Waals surface area contributed by atoms with Gasteiger partial charge in [-0.05, 0) is 26.3 Å². The molecular formula is C12H18N4S. The van der Waals surface area contributed by atoms with Crippen LogP contribution in [0.3, 0.4) is 0 Å². The van der Waals surface area contributed by atoms with E-state index >= 15 is 0 Å². The van der Waals surface area contributed by atoms with Crippen LogP contribution in [0.25, 0.3) is 0 Å². The molecule has 0 unspecified atom stereocenters. The van der Waals surface area contributed by atoms with Gasteiger partial charge in [0.05, 0.1) is 6.33 Å². The quantitative estimate of drug-likeness (QED) is 0.766. The van der Waals surface area contributed by atoms with E-state index in [0.717, 1.165) is 25.3 Å². The molecule has 0 atom stereocenters. The standard InChI is InChI=1S/C12H18N4S/c1-11-9-17-12(15-11)8-13-4-2-3-6-16-7-5-14-10-16/h5,7,9-10,13H,2-4,6,8H2,1H3. The van der Waals surface area contributed by atoms with Crippen LogP contribution < -0.4 is 5.32 Å². The summed E-state index contributed by atoms with van der Waals surface area (Å²) in [5.41, 5.74) is 1.12. The molecule has 5 heteroatoms. The maximum Gasteiger partial charge on any atom is 0.107 e. The zero-order valence-corrected chi connectivity index (χ0v) is 10.9. The SMILES string of the molecule is Cc1csc(CNCCCCn2ccnc2)n1. The van der Waals surface area contributed by atoms with Crippen molar-refractivity contribution >= 4 is 11.3 Å². The Morgan fingerprint density at radius 1 is 1.41 bits per heavy atom. The van der Waals surface area contributed by atoms with E-state index in [1.54, 1.807) is 11.3 Å². The fourth-order valence-corrected chi connectivity index (χ4v) is 2.38. The molecule has 0 fully saturated rings. The summed E-state index contributed by atoms with van der Waals surface area (Å²) in [6, 6.07) is 0. The number of nitrogens with one attached hydrogen (secondary N) is 1. The first kappa shape index (κ1) is 12.3. The van der Waals surface area contributed by atoms with Gasteiger partial charge in [-0.25, -0.2) is 9.97 Å². The minimum Gasteiger partial charge on any atom is -0.337 e. The molecule has 0 aliphatic rings. The van der Waals surface area contributed by atoms with E-state index in [0.29, 0.717) is 0 Å². The first-order valence-electron chi connectivity index (χ1n) is 5.92. The molecule has 4 nitrogen and oxygen atoms in total. The average Bonchev–Trinajstić information content (AvgIpc) is 2.95. The van der Waals surface area contributed by atoms with E-state index in [2.05, 4.69) is 25.2 Å². The minimum absolute atomic E-state index is 0.892. The Bertz CT molecular complexity index is 421. The first-order valence-corrected chi connectivity index (χ1v) is 6.80. The molecule has 2 heterocycles. The average molecular weight is 250 g/mol. The van der Waals surface area contributed by atoms with Gasteiger partial charge < -0.3 is 9.88 Å². The Hall–Kier alpha value is -1.20. The summed E-state index contributed by atoms with van der Waals surface area (Å²) in [4.78, 5) is 8.43. The summed E-state index contributed by atoms with van der Waals surface area (Å²) in [5.74, 6) is 0. The number of nitrogens with zero attached hydrogens (tertiary/aromatic N) is 3. The van der Waals surface area contributed by atoms with Gasteiger partial charge in [0.2, 0.25) is 0 Å². The lowest BCUT2D eigenvalue weighted by Crippen LogP contribution is -2.15. The second-order valence-corrected chi connectivity index (χ2v) is 5.01. The van der Waals surface area contributed by atoms with Crippen molar-refractivity contribution in [3.8, 4) is 0 Å². The topological polar surface area (TPSA) is 42.7 Å². The van der Waals surface area contributed by atoms with Gasteiger partial charge in [-0.2, -0.15) is 0 Å². The predicted octanol–water partition coefficient (Wildman–Crippen LogP) is 2.22. The second kappa shape index (κ2) is 6.51. The molecule has 2 rings (SSSR count). The van der Waals surface area contributed by atoms with Gasteiger partial charge in [-0.3, -0.25) is 0 Å². The molecule has 0 spiro atoms. The van der Waals surface area contributed by atoms with Crippen LogP contribution in [0.2, 0.25) is 0 Å². The summed E-state index contributed by atoms with van der Waals surface area (Å²) < 4.78 is 2.12. The highest BCUT2D eigenvalue weighted by Gasteiger charge is 1.97. The van der Waals surface area contributed by atoms with E-state index in [1.165, 1.54) is 17.8 Å².